The lowest BCUT2D eigenvalue weighted by Crippen LogP contribution is -2.39. The number of nitrogens with zero attached hydrogens (tertiary/aromatic N) is 2. The van der Waals surface area contributed by atoms with Gasteiger partial charge in [-0.2, -0.15) is 0 Å². The van der Waals surface area contributed by atoms with Crippen molar-refractivity contribution in [2.45, 2.75) is 17.8 Å². The van der Waals surface area contributed by atoms with Crippen molar-refractivity contribution in [3.8, 4) is 0 Å². The SMILES string of the molecule is O=S1(=O)CC2N=C(SCc3ccccc3)N(c3cc(Cl)cc(Cl)c3)C2C1. The predicted octanol–water partition coefficient (Wildman–Crippen LogP) is 4.27. The fourth-order valence-corrected chi connectivity index (χ4v) is 6.77. The molecule has 2 atom stereocenters. The summed E-state index contributed by atoms with van der Waals surface area (Å²) in [6.07, 6.45) is 0. The van der Waals surface area contributed by atoms with Gasteiger partial charge < -0.3 is 4.90 Å². The Kier molecular flexibility index (Phi) is 4.94. The van der Waals surface area contributed by atoms with Crippen LogP contribution in [0.3, 0.4) is 0 Å². The Morgan fingerprint density at radius 3 is 2.46 bits per heavy atom. The molecule has 2 aromatic carbocycles. The molecule has 0 saturated carbocycles. The number of halogens is 2. The number of hydrogen-bond donors (Lipinski definition) is 0. The van der Waals surface area contributed by atoms with Crippen LogP contribution in [0.1, 0.15) is 5.56 Å². The van der Waals surface area contributed by atoms with Crippen LogP contribution in [-0.2, 0) is 15.6 Å². The fourth-order valence-electron chi connectivity index (χ4n) is 3.34. The molecule has 2 aliphatic rings. The van der Waals surface area contributed by atoms with E-state index in [4.69, 9.17) is 28.2 Å². The van der Waals surface area contributed by atoms with Gasteiger partial charge in [0.1, 0.15) is 0 Å². The maximum atomic E-state index is 12.1. The van der Waals surface area contributed by atoms with Crippen molar-refractivity contribution in [2.75, 3.05) is 16.4 Å². The second kappa shape index (κ2) is 7.08. The number of fused-ring (bicyclic) bond motifs is 1. The van der Waals surface area contributed by atoms with Gasteiger partial charge in [0, 0.05) is 21.5 Å². The molecule has 0 amide bonds. The summed E-state index contributed by atoms with van der Waals surface area (Å²) in [4.78, 5) is 6.70. The van der Waals surface area contributed by atoms with E-state index < -0.39 is 9.84 Å². The van der Waals surface area contributed by atoms with Crippen molar-refractivity contribution in [1.82, 2.24) is 0 Å². The number of hydrogen-bond acceptors (Lipinski definition) is 5. The largest absolute Gasteiger partial charge is 0.315 e. The lowest BCUT2D eigenvalue weighted by molar-refractivity contribution is 0.601. The van der Waals surface area contributed by atoms with Crippen molar-refractivity contribution >= 4 is 55.7 Å². The Labute approximate surface area is 167 Å². The number of anilines is 1. The molecule has 8 heteroatoms. The third-order valence-electron chi connectivity index (χ3n) is 4.44. The summed E-state index contributed by atoms with van der Waals surface area (Å²) in [6.45, 7) is 0. The zero-order valence-electron chi connectivity index (χ0n) is 13.7. The second-order valence-electron chi connectivity index (χ2n) is 6.40. The van der Waals surface area contributed by atoms with Crippen LogP contribution in [0.15, 0.2) is 53.5 Å². The van der Waals surface area contributed by atoms with Crippen LogP contribution in [0.5, 0.6) is 0 Å². The van der Waals surface area contributed by atoms with Gasteiger partial charge in [-0.15, -0.1) is 0 Å². The van der Waals surface area contributed by atoms with Crippen molar-refractivity contribution in [3.63, 3.8) is 0 Å². The van der Waals surface area contributed by atoms with Crippen molar-refractivity contribution in [2.24, 2.45) is 4.99 Å². The minimum absolute atomic E-state index is 0.0951. The van der Waals surface area contributed by atoms with E-state index >= 15 is 0 Å². The van der Waals surface area contributed by atoms with Gasteiger partial charge in [0.2, 0.25) is 0 Å². The van der Waals surface area contributed by atoms with Gasteiger partial charge in [-0.1, -0.05) is 65.3 Å². The van der Waals surface area contributed by atoms with Gasteiger partial charge in [-0.3, -0.25) is 4.99 Å². The molecule has 0 N–H and O–H groups in total. The Morgan fingerprint density at radius 2 is 1.77 bits per heavy atom. The molecule has 4 rings (SSSR count). The third kappa shape index (κ3) is 3.74. The highest BCUT2D eigenvalue weighted by Crippen LogP contribution is 2.37. The second-order valence-corrected chi connectivity index (χ2v) is 10.4. The molecule has 1 saturated heterocycles. The zero-order valence-corrected chi connectivity index (χ0v) is 16.8. The van der Waals surface area contributed by atoms with Crippen LogP contribution in [0.2, 0.25) is 10.0 Å². The smallest absolute Gasteiger partial charge is 0.164 e. The highest BCUT2D eigenvalue weighted by Gasteiger charge is 2.47. The first-order valence-electron chi connectivity index (χ1n) is 8.11. The summed E-state index contributed by atoms with van der Waals surface area (Å²) >= 11 is 13.9. The van der Waals surface area contributed by atoms with Crippen LogP contribution in [-0.4, -0.2) is 37.2 Å². The van der Waals surface area contributed by atoms with E-state index in [1.54, 1.807) is 30.0 Å². The lowest BCUT2D eigenvalue weighted by Gasteiger charge is -2.27. The molecule has 0 bridgehead atoms. The summed E-state index contributed by atoms with van der Waals surface area (Å²) in [7, 11) is -3.08. The van der Waals surface area contributed by atoms with E-state index in [-0.39, 0.29) is 23.6 Å². The molecule has 0 radical (unpaired) electrons. The Bertz CT molecular complexity index is 944. The van der Waals surface area contributed by atoms with E-state index in [1.165, 1.54) is 5.56 Å². The Hall–Kier alpha value is -1.21. The minimum atomic E-state index is -3.08. The molecule has 2 aliphatic heterocycles. The standard InChI is InChI=1S/C18H16Cl2N2O2S2/c19-13-6-14(20)8-15(7-13)22-17-11-26(23,24)10-16(17)21-18(22)25-9-12-4-2-1-3-5-12/h1-8,16-17H,9-11H2. The molecular weight excluding hydrogens is 411 g/mol. The third-order valence-corrected chi connectivity index (χ3v) is 7.62. The molecule has 2 aromatic rings. The molecule has 2 unspecified atom stereocenters. The highest BCUT2D eigenvalue weighted by atomic mass is 35.5. The number of benzene rings is 2. The first-order chi connectivity index (χ1) is 12.4. The Morgan fingerprint density at radius 1 is 1.08 bits per heavy atom. The Balaban J connectivity index is 1.66. The van der Waals surface area contributed by atoms with Crippen LogP contribution in [0.4, 0.5) is 5.69 Å². The molecule has 0 aliphatic carbocycles. The van der Waals surface area contributed by atoms with E-state index in [9.17, 15) is 8.42 Å². The average Bonchev–Trinajstić information content (AvgIpc) is 3.04. The zero-order chi connectivity index (χ0) is 18.3. The molecule has 1 fully saturated rings. The molecule has 4 nitrogen and oxygen atoms in total. The van der Waals surface area contributed by atoms with Gasteiger partial charge in [0.05, 0.1) is 23.6 Å². The number of aliphatic imine (C=N–C) groups is 1. The van der Waals surface area contributed by atoms with Crippen molar-refractivity contribution < 1.29 is 8.42 Å². The number of amidine groups is 1. The normalized spacial score (nSPS) is 23.8. The minimum Gasteiger partial charge on any atom is -0.315 e. The molecule has 136 valence electrons. The number of thioether (sulfide) groups is 1. The summed E-state index contributed by atoms with van der Waals surface area (Å²) in [5, 5.41) is 1.85. The molecule has 0 spiro atoms. The van der Waals surface area contributed by atoms with Gasteiger partial charge in [0.15, 0.2) is 15.0 Å². The van der Waals surface area contributed by atoms with E-state index in [0.717, 1.165) is 16.6 Å². The van der Waals surface area contributed by atoms with Crippen molar-refractivity contribution in [1.29, 1.82) is 0 Å². The average molecular weight is 427 g/mol. The molecule has 2 heterocycles. The molecular formula is C18H16Cl2N2O2S2. The van der Waals surface area contributed by atoms with E-state index in [1.807, 2.05) is 23.1 Å². The van der Waals surface area contributed by atoms with E-state index in [0.29, 0.717) is 10.0 Å². The fraction of sp³-hybridized carbons (Fsp3) is 0.278. The van der Waals surface area contributed by atoms with Crippen molar-refractivity contribution in [3.05, 3.63) is 64.1 Å². The van der Waals surface area contributed by atoms with Gasteiger partial charge in [-0.25, -0.2) is 8.42 Å². The van der Waals surface area contributed by atoms with Crippen LogP contribution >= 0.6 is 35.0 Å². The molecule has 0 aromatic heterocycles. The van der Waals surface area contributed by atoms with Gasteiger partial charge in [0.25, 0.3) is 0 Å². The summed E-state index contributed by atoms with van der Waals surface area (Å²) < 4.78 is 24.2. The van der Waals surface area contributed by atoms with E-state index in [2.05, 4.69) is 12.1 Å². The lowest BCUT2D eigenvalue weighted by atomic mass is 10.1. The first-order valence-corrected chi connectivity index (χ1v) is 11.7. The number of rotatable bonds is 3. The predicted molar refractivity (Wildman–Crippen MR) is 110 cm³/mol. The monoisotopic (exact) mass is 426 g/mol. The summed E-state index contributed by atoms with van der Waals surface area (Å²) in [5.74, 6) is 0.954. The van der Waals surface area contributed by atoms with Gasteiger partial charge >= 0.3 is 0 Å². The summed E-state index contributed by atoms with van der Waals surface area (Å²) in [5.41, 5.74) is 1.97. The summed E-state index contributed by atoms with van der Waals surface area (Å²) in [6, 6.07) is 15.0. The van der Waals surface area contributed by atoms with Gasteiger partial charge in [-0.05, 0) is 23.8 Å². The van der Waals surface area contributed by atoms with Crippen LogP contribution in [0.25, 0.3) is 0 Å². The maximum Gasteiger partial charge on any atom is 0.164 e. The van der Waals surface area contributed by atoms with Crippen LogP contribution in [0, 0.1) is 0 Å². The molecule has 26 heavy (non-hydrogen) atoms. The quantitative estimate of drug-likeness (QED) is 0.734. The topological polar surface area (TPSA) is 49.7 Å². The van der Waals surface area contributed by atoms with Crippen LogP contribution < -0.4 is 4.90 Å². The highest BCUT2D eigenvalue weighted by molar-refractivity contribution is 8.13. The maximum absolute atomic E-state index is 12.1. The first kappa shape index (κ1) is 18.2. The number of sulfone groups is 1.